The van der Waals surface area contributed by atoms with E-state index in [2.05, 4.69) is 10.6 Å². The Morgan fingerprint density at radius 1 is 1.25 bits per heavy atom. The standard InChI is InChI=1S/C15H20F3N3O3/c1-2-3-4-8-20-14(22)7-9-19-12-6-5-11(15(16,17)18)10-13(12)21(23)24/h5-6,10,19H,2-4,7-9H2,1H3,(H,20,22). The quantitative estimate of drug-likeness (QED) is 0.405. The maximum Gasteiger partial charge on any atom is 0.416 e. The molecular weight excluding hydrogens is 327 g/mol. The fourth-order valence-corrected chi connectivity index (χ4v) is 2.01. The number of hydrogen-bond acceptors (Lipinski definition) is 4. The molecular formula is C15H20F3N3O3. The Labute approximate surface area is 137 Å². The molecule has 9 heteroatoms. The van der Waals surface area contributed by atoms with E-state index in [0.29, 0.717) is 12.6 Å². The van der Waals surface area contributed by atoms with Crippen LogP contribution in [0.1, 0.15) is 38.2 Å². The molecule has 0 radical (unpaired) electrons. The smallest absolute Gasteiger partial charge is 0.379 e. The fraction of sp³-hybridized carbons (Fsp3) is 0.533. The van der Waals surface area contributed by atoms with Crippen molar-refractivity contribution in [1.82, 2.24) is 5.32 Å². The lowest BCUT2D eigenvalue weighted by molar-refractivity contribution is -0.384. The molecule has 24 heavy (non-hydrogen) atoms. The van der Waals surface area contributed by atoms with Gasteiger partial charge in [0, 0.05) is 25.6 Å². The SMILES string of the molecule is CCCCCNC(=O)CCNc1ccc(C(F)(F)F)cc1[N+](=O)[O-]. The number of alkyl halides is 3. The summed E-state index contributed by atoms with van der Waals surface area (Å²) in [6, 6.07) is 2.24. The highest BCUT2D eigenvalue weighted by Gasteiger charge is 2.32. The first-order valence-corrected chi connectivity index (χ1v) is 7.62. The number of carbonyl (C=O) groups is 1. The van der Waals surface area contributed by atoms with Gasteiger partial charge in [-0.05, 0) is 18.6 Å². The molecule has 134 valence electrons. The molecule has 1 rings (SSSR count). The van der Waals surface area contributed by atoms with Crippen molar-refractivity contribution < 1.29 is 22.9 Å². The number of hydrogen-bond donors (Lipinski definition) is 2. The number of nitro groups is 1. The maximum absolute atomic E-state index is 12.6. The minimum Gasteiger partial charge on any atom is -0.379 e. The van der Waals surface area contributed by atoms with Crippen LogP contribution in [-0.4, -0.2) is 23.9 Å². The predicted molar refractivity (Wildman–Crippen MR) is 83.7 cm³/mol. The monoisotopic (exact) mass is 347 g/mol. The second kappa shape index (κ2) is 9.09. The van der Waals surface area contributed by atoms with Crippen molar-refractivity contribution in [2.75, 3.05) is 18.4 Å². The van der Waals surface area contributed by atoms with Gasteiger partial charge in [0.05, 0.1) is 10.5 Å². The van der Waals surface area contributed by atoms with Crippen molar-refractivity contribution >= 4 is 17.3 Å². The zero-order valence-corrected chi connectivity index (χ0v) is 13.3. The van der Waals surface area contributed by atoms with Gasteiger partial charge in [-0.15, -0.1) is 0 Å². The van der Waals surface area contributed by atoms with E-state index in [-0.39, 0.29) is 24.6 Å². The highest BCUT2D eigenvalue weighted by molar-refractivity contribution is 5.76. The Kier molecular flexibility index (Phi) is 7.47. The third-order valence-corrected chi connectivity index (χ3v) is 3.29. The second-order valence-corrected chi connectivity index (χ2v) is 5.22. The van der Waals surface area contributed by atoms with Crippen molar-refractivity contribution in [2.45, 2.75) is 38.8 Å². The number of nitro benzene ring substituents is 1. The van der Waals surface area contributed by atoms with Crippen LogP contribution in [0.5, 0.6) is 0 Å². The van der Waals surface area contributed by atoms with Crippen LogP contribution >= 0.6 is 0 Å². The van der Waals surface area contributed by atoms with Crippen molar-refractivity contribution in [3.63, 3.8) is 0 Å². The summed E-state index contributed by atoms with van der Waals surface area (Å²) in [5.41, 5.74) is -1.81. The van der Waals surface area contributed by atoms with Gasteiger partial charge in [-0.2, -0.15) is 13.2 Å². The lowest BCUT2D eigenvalue weighted by Crippen LogP contribution is -2.26. The first kappa shape index (κ1) is 19.7. The number of nitrogens with one attached hydrogen (secondary N) is 2. The summed E-state index contributed by atoms with van der Waals surface area (Å²) in [6.07, 6.45) is -1.66. The first-order valence-electron chi connectivity index (χ1n) is 7.62. The Morgan fingerprint density at radius 2 is 1.96 bits per heavy atom. The zero-order valence-electron chi connectivity index (χ0n) is 13.3. The number of carbonyl (C=O) groups excluding carboxylic acids is 1. The van der Waals surface area contributed by atoms with Gasteiger partial charge in [-0.25, -0.2) is 0 Å². The van der Waals surface area contributed by atoms with Gasteiger partial charge in [-0.1, -0.05) is 19.8 Å². The molecule has 6 nitrogen and oxygen atoms in total. The third kappa shape index (κ3) is 6.43. The largest absolute Gasteiger partial charge is 0.416 e. The van der Waals surface area contributed by atoms with Gasteiger partial charge in [0.2, 0.25) is 5.91 Å². The first-order chi connectivity index (χ1) is 11.3. The molecule has 0 saturated heterocycles. The molecule has 0 heterocycles. The summed E-state index contributed by atoms with van der Waals surface area (Å²) in [7, 11) is 0. The van der Waals surface area contributed by atoms with E-state index in [1.807, 2.05) is 6.92 Å². The maximum atomic E-state index is 12.6. The molecule has 2 N–H and O–H groups in total. The average Bonchev–Trinajstić information content (AvgIpc) is 2.50. The summed E-state index contributed by atoms with van der Waals surface area (Å²) in [5, 5.41) is 16.3. The van der Waals surface area contributed by atoms with E-state index in [1.54, 1.807) is 0 Å². The Balaban J connectivity index is 2.58. The molecule has 0 unspecified atom stereocenters. The van der Waals surface area contributed by atoms with Crippen molar-refractivity contribution in [2.24, 2.45) is 0 Å². The number of rotatable bonds is 9. The van der Waals surface area contributed by atoms with Crippen LogP contribution in [0.2, 0.25) is 0 Å². The normalized spacial score (nSPS) is 11.2. The molecule has 0 aromatic heterocycles. The van der Waals surface area contributed by atoms with E-state index in [4.69, 9.17) is 0 Å². The molecule has 0 aliphatic carbocycles. The number of halogens is 3. The molecule has 0 saturated carbocycles. The van der Waals surface area contributed by atoms with Crippen molar-refractivity contribution in [3.8, 4) is 0 Å². The highest BCUT2D eigenvalue weighted by atomic mass is 19.4. The van der Waals surface area contributed by atoms with Gasteiger partial charge in [0.1, 0.15) is 5.69 Å². The second-order valence-electron chi connectivity index (χ2n) is 5.22. The minimum absolute atomic E-state index is 0.0493. The van der Waals surface area contributed by atoms with E-state index in [0.717, 1.165) is 31.4 Å². The molecule has 0 spiro atoms. The molecule has 0 fully saturated rings. The Bertz CT molecular complexity index is 577. The molecule has 0 aliphatic heterocycles. The summed E-state index contributed by atoms with van der Waals surface area (Å²) in [6.45, 7) is 2.70. The topological polar surface area (TPSA) is 84.3 Å². The molecule has 0 bridgehead atoms. The van der Waals surface area contributed by atoms with Gasteiger partial charge in [0.25, 0.3) is 5.69 Å². The van der Waals surface area contributed by atoms with Crippen molar-refractivity contribution in [1.29, 1.82) is 0 Å². The van der Waals surface area contributed by atoms with Crippen molar-refractivity contribution in [3.05, 3.63) is 33.9 Å². The van der Waals surface area contributed by atoms with Gasteiger partial charge in [-0.3, -0.25) is 14.9 Å². The van der Waals surface area contributed by atoms with Gasteiger partial charge >= 0.3 is 6.18 Å². The highest BCUT2D eigenvalue weighted by Crippen LogP contribution is 2.34. The summed E-state index contributed by atoms with van der Waals surface area (Å²) < 4.78 is 37.8. The minimum atomic E-state index is -4.65. The molecule has 0 aliphatic rings. The molecule has 1 aromatic rings. The third-order valence-electron chi connectivity index (χ3n) is 3.29. The number of anilines is 1. The average molecular weight is 347 g/mol. The molecule has 0 atom stereocenters. The lowest BCUT2D eigenvalue weighted by atomic mass is 10.1. The van der Waals surface area contributed by atoms with E-state index in [9.17, 15) is 28.1 Å². The fourth-order valence-electron chi connectivity index (χ4n) is 2.01. The van der Waals surface area contributed by atoms with Crippen LogP contribution < -0.4 is 10.6 Å². The summed E-state index contributed by atoms with van der Waals surface area (Å²) >= 11 is 0. The van der Waals surface area contributed by atoms with Crippen LogP contribution in [0.15, 0.2) is 18.2 Å². The van der Waals surface area contributed by atoms with Crippen LogP contribution in [0.25, 0.3) is 0 Å². The van der Waals surface area contributed by atoms with Crippen LogP contribution in [0.3, 0.4) is 0 Å². The van der Waals surface area contributed by atoms with Crippen LogP contribution in [-0.2, 0) is 11.0 Å². The van der Waals surface area contributed by atoms with Crippen LogP contribution in [0, 0.1) is 10.1 Å². The van der Waals surface area contributed by atoms with E-state index >= 15 is 0 Å². The predicted octanol–water partition coefficient (Wildman–Crippen LogP) is 3.72. The molecule has 1 aromatic carbocycles. The summed E-state index contributed by atoms with van der Waals surface area (Å²) in [5.74, 6) is -0.215. The number of benzene rings is 1. The van der Waals surface area contributed by atoms with E-state index < -0.39 is 22.4 Å². The van der Waals surface area contributed by atoms with E-state index in [1.165, 1.54) is 0 Å². The molecule has 1 amide bonds. The zero-order chi connectivity index (χ0) is 18.2. The number of nitrogens with zero attached hydrogens (tertiary/aromatic N) is 1. The Morgan fingerprint density at radius 3 is 2.54 bits per heavy atom. The lowest BCUT2D eigenvalue weighted by Gasteiger charge is -2.10. The van der Waals surface area contributed by atoms with Crippen LogP contribution in [0.4, 0.5) is 24.5 Å². The summed E-state index contributed by atoms with van der Waals surface area (Å²) in [4.78, 5) is 21.6. The number of amides is 1. The van der Waals surface area contributed by atoms with Gasteiger partial charge < -0.3 is 10.6 Å². The van der Waals surface area contributed by atoms with Gasteiger partial charge in [0.15, 0.2) is 0 Å². The Hall–Kier alpha value is -2.32. The number of unbranched alkanes of at least 4 members (excludes halogenated alkanes) is 2.